The molecule has 3 aromatic heterocycles. The number of aromatic amines is 1. The summed E-state index contributed by atoms with van der Waals surface area (Å²) in [6.07, 6.45) is 5.89. The molecule has 35 heavy (non-hydrogen) atoms. The predicted octanol–water partition coefficient (Wildman–Crippen LogP) is 4.78. The third-order valence-corrected chi connectivity index (χ3v) is 6.99. The lowest BCUT2D eigenvalue weighted by Crippen LogP contribution is -2.09. The van der Waals surface area contributed by atoms with Gasteiger partial charge in [0.25, 0.3) is 5.88 Å². The van der Waals surface area contributed by atoms with E-state index in [1.165, 1.54) is 19.3 Å². The van der Waals surface area contributed by atoms with Gasteiger partial charge in [-0.2, -0.15) is 0 Å². The maximum atomic E-state index is 10.6. The van der Waals surface area contributed by atoms with Crippen LogP contribution in [0.2, 0.25) is 0 Å². The third-order valence-electron chi connectivity index (χ3n) is 6.99. The zero-order valence-corrected chi connectivity index (χ0v) is 19.5. The van der Waals surface area contributed by atoms with E-state index in [1.807, 2.05) is 29.7 Å². The Hall–Kier alpha value is -4.14. The van der Waals surface area contributed by atoms with Crippen molar-refractivity contribution in [2.75, 3.05) is 0 Å². The number of aromatic nitrogens is 8. The average Bonchev–Trinajstić information content (AvgIpc) is 3.54. The van der Waals surface area contributed by atoms with Crippen LogP contribution in [0.1, 0.15) is 55.1 Å². The van der Waals surface area contributed by atoms with Gasteiger partial charge in [-0.1, -0.05) is 67.8 Å². The van der Waals surface area contributed by atoms with Gasteiger partial charge in [-0.15, -0.1) is 15.3 Å². The van der Waals surface area contributed by atoms with E-state index in [9.17, 15) is 5.11 Å². The van der Waals surface area contributed by atoms with Crippen molar-refractivity contribution in [3.05, 3.63) is 65.6 Å². The van der Waals surface area contributed by atoms with Crippen molar-refractivity contribution in [3.63, 3.8) is 0 Å². The second-order valence-corrected chi connectivity index (χ2v) is 9.18. The molecule has 6 rings (SSSR count). The summed E-state index contributed by atoms with van der Waals surface area (Å²) < 4.78 is 2.04. The largest absolute Gasteiger partial charge is 0.491 e. The minimum Gasteiger partial charge on any atom is -0.491 e. The van der Waals surface area contributed by atoms with Gasteiger partial charge in [0, 0.05) is 18.0 Å². The van der Waals surface area contributed by atoms with Crippen LogP contribution in [0.3, 0.4) is 0 Å². The van der Waals surface area contributed by atoms with Gasteiger partial charge in [0.15, 0.2) is 5.82 Å². The van der Waals surface area contributed by atoms with Crippen LogP contribution in [0.5, 0.6) is 5.88 Å². The topological polar surface area (TPSA) is 118 Å². The number of rotatable bonds is 5. The molecule has 176 valence electrons. The molecule has 0 bridgehead atoms. The van der Waals surface area contributed by atoms with Gasteiger partial charge in [-0.25, -0.2) is 10.1 Å². The van der Waals surface area contributed by atoms with E-state index in [-0.39, 0.29) is 5.88 Å². The molecule has 1 fully saturated rings. The molecule has 0 aliphatic heterocycles. The molecule has 3 heterocycles. The zero-order chi connectivity index (χ0) is 23.8. The molecule has 0 saturated heterocycles. The van der Waals surface area contributed by atoms with Crippen LogP contribution in [-0.4, -0.2) is 45.5 Å². The Bertz CT molecular complexity index is 1470. The maximum Gasteiger partial charge on any atom is 0.257 e. The summed E-state index contributed by atoms with van der Waals surface area (Å²) in [7, 11) is 0. The SMILES string of the molecule is Cc1nc2c(C3CCCCC3)nnc(O)c2n1Cc1ccc(-c2ccccc2-c2nnn[nH]2)cc1. The van der Waals surface area contributed by atoms with Gasteiger partial charge in [0.1, 0.15) is 16.9 Å². The average molecular weight is 467 g/mol. The highest BCUT2D eigenvalue weighted by Gasteiger charge is 2.25. The number of fused-ring (bicyclic) bond motifs is 1. The Balaban J connectivity index is 1.33. The highest BCUT2D eigenvalue weighted by Crippen LogP contribution is 2.37. The van der Waals surface area contributed by atoms with Crippen molar-refractivity contribution in [1.82, 2.24) is 40.4 Å². The van der Waals surface area contributed by atoms with E-state index in [1.54, 1.807) is 0 Å². The fourth-order valence-electron chi connectivity index (χ4n) is 5.20. The number of hydrogen-bond acceptors (Lipinski definition) is 7. The van der Waals surface area contributed by atoms with Crippen LogP contribution in [0.25, 0.3) is 33.5 Å². The molecule has 1 aliphatic rings. The van der Waals surface area contributed by atoms with E-state index in [4.69, 9.17) is 4.98 Å². The van der Waals surface area contributed by atoms with Crippen molar-refractivity contribution in [1.29, 1.82) is 0 Å². The second-order valence-electron chi connectivity index (χ2n) is 9.18. The van der Waals surface area contributed by atoms with Gasteiger partial charge < -0.3 is 9.67 Å². The number of hydrogen-bond donors (Lipinski definition) is 2. The van der Waals surface area contributed by atoms with E-state index < -0.39 is 0 Å². The van der Waals surface area contributed by atoms with Crippen molar-refractivity contribution in [3.8, 4) is 28.4 Å². The first-order valence-corrected chi connectivity index (χ1v) is 12.0. The third kappa shape index (κ3) is 3.92. The maximum absolute atomic E-state index is 10.6. The number of benzene rings is 2. The molecule has 0 spiro atoms. The molecule has 1 aliphatic carbocycles. The predicted molar refractivity (Wildman–Crippen MR) is 132 cm³/mol. The fraction of sp³-hybridized carbons (Fsp3) is 0.308. The molecular weight excluding hydrogens is 440 g/mol. The van der Waals surface area contributed by atoms with Crippen molar-refractivity contribution < 1.29 is 5.11 Å². The summed E-state index contributed by atoms with van der Waals surface area (Å²) in [4.78, 5) is 4.83. The van der Waals surface area contributed by atoms with Gasteiger partial charge in [-0.3, -0.25) is 0 Å². The van der Waals surface area contributed by atoms with Gasteiger partial charge >= 0.3 is 0 Å². The van der Waals surface area contributed by atoms with Gasteiger partial charge in [0.2, 0.25) is 0 Å². The van der Waals surface area contributed by atoms with Crippen LogP contribution < -0.4 is 0 Å². The Morgan fingerprint density at radius 1 is 0.943 bits per heavy atom. The molecule has 2 aromatic carbocycles. The molecule has 9 nitrogen and oxygen atoms in total. The van der Waals surface area contributed by atoms with Crippen LogP contribution >= 0.6 is 0 Å². The molecular formula is C26H26N8O. The summed E-state index contributed by atoms with van der Waals surface area (Å²) in [6.45, 7) is 2.56. The number of aryl methyl sites for hydroxylation is 1. The van der Waals surface area contributed by atoms with Crippen LogP contribution in [0.4, 0.5) is 0 Å². The first-order valence-electron chi connectivity index (χ1n) is 12.0. The summed E-state index contributed by atoms with van der Waals surface area (Å²) in [5.41, 5.74) is 6.55. The normalized spacial score (nSPS) is 14.5. The summed E-state index contributed by atoms with van der Waals surface area (Å²) in [6, 6.07) is 16.4. The Morgan fingerprint density at radius 3 is 2.46 bits per heavy atom. The van der Waals surface area contributed by atoms with Crippen molar-refractivity contribution in [2.24, 2.45) is 0 Å². The molecule has 2 N–H and O–H groups in total. The fourth-order valence-corrected chi connectivity index (χ4v) is 5.20. The molecule has 0 radical (unpaired) electrons. The van der Waals surface area contributed by atoms with Crippen LogP contribution in [-0.2, 0) is 6.54 Å². The van der Waals surface area contributed by atoms with Crippen molar-refractivity contribution >= 4 is 11.0 Å². The Kier molecular flexibility index (Phi) is 5.44. The highest BCUT2D eigenvalue weighted by molar-refractivity contribution is 5.83. The van der Waals surface area contributed by atoms with E-state index in [0.29, 0.717) is 23.8 Å². The minimum atomic E-state index is -0.0635. The van der Waals surface area contributed by atoms with Gasteiger partial charge in [0.05, 0.1) is 5.69 Å². The summed E-state index contributed by atoms with van der Waals surface area (Å²) in [5.74, 6) is 1.78. The number of H-pyrrole nitrogens is 1. The van der Waals surface area contributed by atoms with Gasteiger partial charge in [-0.05, 0) is 46.9 Å². The summed E-state index contributed by atoms with van der Waals surface area (Å²) >= 11 is 0. The molecule has 0 unspecified atom stereocenters. The van der Waals surface area contributed by atoms with E-state index in [2.05, 4.69) is 61.2 Å². The molecule has 0 atom stereocenters. The molecule has 1 saturated carbocycles. The smallest absolute Gasteiger partial charge is 0.257 e. The lowest BCUT2D eigenvalue weighted by atomic mass is 9.86. The highest BCUT2D eigenvalue weighted by atomic mass is 16.3. The Morgan fingerprint density at radius 2 is 1.71 bits per heavy atom. The second kappa shape index (κ2) is 8.90. The summed E-state index contributed by atoms with van der Waals surface area (Å²) in [5, 5.41) is 33.4. The number of aromatic hydroxyl groups is 1. The lowest BCUT2D eigenvalue weighted by Gasteiger charge is -2.20. The Labute approximate surface area is 202 Å². The first-order chi connectivity index (χ1) is 17.2. The molecule has 5 aromatic rings. The molecule has 9 heteroatoms. The number of nitrogens with one attached hydrogen (secondary N) is 1. The minimum absolute atomic E-state index is 0.0635. The van der Waals surface area contributed by atoms with Crippen molar-refractivity contribution in [2.45, 2.75) is 51.5 Å². The molecule has 0 amide bonds. The van der Waals surface area contributed by atoms with Crippen LogP contribution in [0.15, 0.2) is 48.5 Å². The first kappa shape index (κ1) is 21.4. The quantitative estimate of drug-likeness (QED) is 0.382. The number of tetrazole rings is 1. The monoisotopic (exact) mass is 466 g/mol. The number of nitrogens with zero attached hydrogens (tertiary/aromatic N) is 7. The lowest BCUT2D eigenvalue weighted by molar-refractivity contribution is 0.424. The standard InChI is InChI=1S/C26H26N8O/c1-16-27-23-22(19-7-3-2-4-8-19)28-31-26(35)24(23)34(16)15-17-11-13-18(14-12-17)20-9-5-6-10-21(20)25-29-32-33-30-25/h5-6,9-14,19H,2-4,7-8,15H2,1H3,(H,31,35)(H,29,30,32,33). The zero-order valence-electron chi connectivity index (χ0n) is 19.5. The van der Waals surface area contributed by atoms with Crippen LogP contribution in [0, 0.1) is 6.92 Å². The van der Waals surface area contributed by atoms with E-state index in [0.717, 1.165) is 52.1 Å². The van der Waals surface area contributed by atoms with E-state index >= 15 is 0 Å². The number of imidazole rings is 1.